The lowest BCUT2D eigenvalue weighted by atomic mass is 10.1. The van der Waals surface area contributed by atoms with Crippen LogP contribution in [0.15, 0.2) is 30.5 Å². The normalized spacial score (nSPS) is 10.3. The molecule has 0 unspecified atom stereocenters. The number of aliphatic hydroxyl groups excluding tert-OH is 1. The molecule has 0 aliphatic rings. The van der Waals surface area contributed by atoms with E-state index >= 15 is 0 Å². The third kappa shape index (κ3) is 3.40. The van der Waals surface area contributed by atoms with E-state index in [0.29, 0.717) is 6.54 Å². The number of aliphatic hydroxyl groups is 1. The maximum atomic E-state index is 10.9. The monoisotopic (exact) mass is 294 g/mol. The Morgan fingerprint density at radius 3 is 2.85 bits per heavy atom. The number of nitrogens with one attached hydrogen (secondary N) is 1. The molecular weight excluding hydrogens is 284 g/mol. The highest BCUT2D eigenvalue weighted by Gasteiger charge is 2.16. The van der Waals surface area contributed by atoms with Gasteiger partial charge < -0.3 is 10.4 Å². The van der Waals surface area contributed by atoms with Crippen LogP contribution in [0, 0.1) is 10.1 Å². The standard InChI is InChI=1S/C12H11ClN4O3/c13-12-15-6-10(17(19)20)11(16-12)14-5-8-2-1-3-9(4-8)7-18/h1-4,6,18H,5,7H2,(H,14,15,16). The van der Waals surface area contributed by atoms with Crippen LogP contribution in [0.1, 0.15) is 11.1 Å². The van der Waals surface area contributed by atoms with Gasteiger partial charge in [0.15, 0.2) is 0 Å². The van der Waals surface area contributed by atoms with Gasteiger partial charge in [0.25, 0.3) is 0 Å². The third-order valence-corrected chi connectivity index (χ3v) is 2.75. The fourth-order valence-electron chi connectivity index (χ4n) is 1.64. The van der Waals surface area contributed by atoms with Crippen molar-refractivity contribution >= 4 is 23.1 Å². The van der Waals surface area contributed by atoms with Gasteiger partial charge in [-0.3, -0.25) is 10.1 Å². The molecule has 8 heteroatoms. The van der Waals surface area contributed by atoms with Gasteiger partial charge in [-0.15, -0.1) is 0 Å². The molecule has 0 bridgehead atoms. The van der Waals surface area contributed by atoms with Crippen LogP contribution >= 0.6 is 11.6 Å². The van der Waals surface area contributed by atoms with E-state index in [9.17, 15) is 10.1 Å². The first-order valence-corrected chi connectivity index (χ1v) is 6.07. The number of hydrogen-bond donors (Lipinski definition) is 2. The summed E-state index contributed by atoms with van der Waals surface area (Å²) >= 11 is 5.63. The SMILES string of the molecule is O=[N+]([O-])c1cnc(Cl)nc1NCc1cccc(CO)c1. The van der Waals surface area contributed by atoms with Crippen LogP contribution < -0.4 is 5.32 Å². The highest BCUT2D eigenvalue weighted by molar-refractivity contribution is 6.28. The molecule has 104 valence electrons. The molecule has 1 heterocycles. The van der Waals surface area contributed by atoms with Crippen molar-refractivity contribution in [2.75, 3.05) is 5.32 Å². The highest BCUT2D eigenvalue weighted by atomic mass is 35.5. The summed E-state index contributed by atoms with van der Waals surface area (Å²) < 4.78 is 0. The first-order valence-electron chi connectivity index (χ1n) is 5.69. The zero-order valence-electron chi connectivity index (χ0n) is 10.3. The highest BCUT2D eigenvalue weighted by Crippen LogP contribution is 2.22. The lowest BCUT2D eigenvalue weighted by molar-refractivity contribution is -0.384. The molecular formula is C12H11ClN4O3. The predicted molar refractivity (Wildman–Crippen MR) is 73.4 cm³/mol. The van der Waals surface area contributed by atoms with Crippen molar-refractivity contribution < 1.29 is 10.0 Å². The van der Waals surface area contributed by atoms with Crippen molar-refractivity contribution in [3.63, 3.8) is 0 Å². The lowest BCUT2D eigenvalue weighted by Crippen LogP contribution is -2.06. The van der Waals surface area contributed by atoms with Crippen LogP contribution in [0.2, 0.25) is 5.28 Å². The van der Waals surface area contributed by atoms with Crippen molar-refractivity contribution in [3.05, 3.63) is 57.0 Å². The van der Waals surface area contributed by atoms with Crippen LogP contribution in [-0.4, -0.2) is 20.0 Å². The smallest absolute Gasteiger partial charge is 0.329 e. The molecule has 0 saturated heterocycles. The van der Waals surface area contributed by atoms with Crippen LogP contribution in [0.4, 0.5) is 11.5 Å². The summed E-state index contributed by atoms with van der Waals surface area (Å²) in [5.74, 6) is 0.0596. The Morgan fingerprint density at radius 1 is 1.40 bits per heavy atom. The van der Waals surface area contributed by atoms with Crippen molar-refractivity contribution in [2.24, 2.45) is 0 Å². The second-order valence-electron chi connectivity index (χ2n) is 3.96. The molecule has 0 spiro atoms. The van der Waals surface area contributed by atoms with Crippen molar-refractivity contribution in [2.45, 2.75) is 13.2 Å². The average Bonchev–Trinajstić information content (AvgIpc) is 2.45. The maximum absolute atomic E-state index is 10.9. The van der Waals surface area contributed by atoms with E-state index in [1.165, 1.54) is 0 Å². The minimum Gasteiger partial charge on any atom is -0.392 e. The zero-order chi connectivity index (χ0) is 14.5. The Kier molecular flexibility index (Phi) is 4.44. The number of anilines is 1. The summed E-state index contributed by atoms with van der Waals surface area (Å²) in [6.45, 7) is 0.259. The summed E-state index contributed by atoms with van der Waals surface area (Å²) in [7, 11) is 0. The Labute approximate surface area is 119 Å². The summed E-state index contributed by atoms with van der Waals surface area (Å²) in [6, 6.07) is 7.21. The molecule has 20 heavy (non-hydrogen) atoms. The molecule has 0 aliphatic carbocycles. The summed E-state index contributed by atoms with van der Waals surface area (Å²) in [4.78, 5) is 17.7. The second kappa shape index (κ2) is 6.27. The molecule has 1 aromatic carbocycles. The predicted octanol–water partition coefficient (Wildman–Crippen LogP) is 2.14. The Hall–Kier alpha value is -2.25. The zero-order valence-corrected chi connectivity index (χ0v) is 11.0. The molecule has 0 aliphatic heterocycles. The van der Waals surface area contributed by atoms with E-state index in [-0.39, 0.29) is 23.4 Å². The van der Waals surface area contributed by atoms with E-state index in [0.717, 1.165) is 17.3 Å². The maximum Gasteiger partial charge on any atom is 0.329 e. The summed E-state index contributed by atoms with van der Waals surface area (Å²) in [6.07, 6.45) is 1.06. The number of rotatable bonds is 5. The van der Waals surface area contributed by atoms with Gasteiger partial charge in [0.05, 0.1) is 11.5 Å². The summed E-state index contributed by atoms with van der Waals surface area (Å²) in [5, 5.41) is 22.7. The molecule has 0 atom stereocenters. The number of hydrogen-bond acceptors (Lipinski definition) is 6. The molecule has 2 rings (SSSR count). The van der Waals surface area contributed by atoms with Crippen molar-refractivity contribution in [3.8, 4) is 0 Å². The number of benzene rings is 1. The van der Waals surface area contributed by atoms with Crippen LogP contribution in [0.3, 0.4) is 0 Å². The minimum atomic E-state index is -0.581. The molecule has 2 aromatic rings. The van der Waals surface area contributed by atoms with Gasteiger partial charge in [0.1, 0.15) is 6.20 Å². The fourth-order valence-corrected chi connectivity index (χ4v) is 1.77. The molecule has 0 radical (unpaired) electrons. The van der Waals surface area contributed by atoms with E-state index in [2.05, 4.69) is 15.3 Å². The number of aromatic nitrogens is 2. The summed E-state index contributed by atoms with van der Waals surface area (Å²) in [5.41, 5.74) is 1.38. The Bertz CT molecular complexity index is 636. The van der Waals surface area contributed by atoms with Gasteiger partial charge in [-0.25, -0.2) is 4.98 Å². The quantitative estimate of drug-likeness (QED) is 0.498. The first-order chi connectivity index (χ1) is 9.60. The first kappa shape index (κ1) is 14.2. The molecule has 1 aromatic heterocycles. The fraction of sp³-hybridized carbons (Fsp3) is 0.167. The van der Waals surface area contributed by atoms with E-state index in [1.54, 1.807) is 18.2 Å². The van der Waals surface area contributed by atoms with Gasteiger partial charge in [-0.2, -0.15) is 4.98 Å². The lowest BCUT2D eigenvalue weighted by Gasteiger charge is -2.07. The molecule has 0 fully saturated rings. The molecule has 2 N–H and O–H groups in total. The molecule has 0 amide bonds. The van der Waals surface area contributed by atoms with Gasteiger partial charge in [0.2, 0.25) is 11.1 Å². The number of halogens is 1. The Balaban J connectivity index is 2.17. The van der Waals surface area contributed by atoms with Gasteiger partial charge in [-0.05, 0) is 22.7 Å². The van der Waals surface area contributed by atoms with E-state index in [1.807, 2.05) is 6.07 Å². The van der Waals surface area contributed by atoms with Crippen LogP contribution in [0.5, 0.6) is 0 Å². The topological polar surface area (TPSA) is 101 Å². The van der Waals surface area contributed by atoms with E-state index in [4.69, 9.17) is 16.7 Å². The number of nitrogens with zero attached hydrogens (tertiary/aromatic N) is 3. The van der Waals surface area contributed by atoms with Crippen LogP contribution in [-0.2, 0) is 13.2 Å². The molecule has 7 nitrogen and oxygen atoms in total. The van der Waals surface area contributed by atoms with Crippen LogP contribution in [0.25, 0.3) is 0 Å². The third-order valence-electron chi connectivity index (χ3n) is 2.57. The van der Waals surface area contributed by atoms with Gasteiger partial charge in [0, 0.05) is 6.54 Å². The minimum absolute atomic E-state index is 0.0596. The van der Waals surface area contributed by atoms with Crippen molar-refractivity contribution in [1.82, 2.24) is 9.97 Å². The Morgan fingerprint density at radius 2 is 2.15 bits per heavy atom. The molecule has 0 saturated carbocycles. The number of nitro groups is 1. The largest absolute Gasteiger partial charge is 0.392 e. The van der Waals surface area contributed by atoms with E-state index < -0.39 is 4.92 Å². The van der Waals surface area contributed by atoms with Gasteiger partial charge in [-0.1, -0.05) is 24.3 Å². The van der Waals surface area contributed by atoms with Gasteiger partial charge >= 0.3 is 5.69 Å². The average molecular weight is 295 g/mol. The van der Waals surface area contributed by atoms with Crippen molar-refractivity contribution in [1.29, 1.82) is 0 Å². The second-order valence-corrected chi connectivity index (χ2v) is 4.30.